The fraction of sp³-hybridized carbons (Fsp3) is 0.529. The highest BCUT2D eigenvalue weighted by Gasteiger charge is 2.31. The van der Waals surface area contributed by atoms with Crippen LogP contribution >= 0.6 is 0 Å². The highest BCUT2D eigenvalue weighted by atomic mass is 32.2. The van der Waals surface area contributed by atoms with Crippen molar-refractivity contribution in [2.45, 2.75) is 25.3 Å². The van der Waals surface area contributed by atoms with Crippen LogP contribution in [-0.4, -0.2) is 50.6 Å². The van der Waals surface area contributed by atoms with E-state index in [0.717, 1.165) is 31.7 Å². The first-order valence-electron chi connectivity index (χ1n) is 7.70. The van der Waals surface area contributed by atoms with Gasteiger partial charge in [-0.1, -0.05) is 18.1 Å². The van der Waals surface area contributed by atoms with E-state index < -0.39 is 9.84 Å². The van der Waals surface area contributed by atoms with Crippen molar-refractivity contribution < 1.29 is 13.2 Å². The molecule has 0 spiro atoms. The van der Waals surface area contributed by atoms with Crippen LogP contribution < -0.4 is 4.74 Å². The standard InChI is InChI=1S/C17H21NO3S/c1-2-8-18(16-7-11-22(19,20)13-16)9-5-14-3-4-17-15(12-14)6-10-21-17/h1,3-4,12,16H,5-11,13H2. The van der Waals surface area contributed by atoms with E-state index in [1.807, 2.05) is 6.07 Å². The Morgan fingerprint density at radius 2 is 2.27 bits per heavy atom. The van der Waals surface area contributed by atoms with Crippen molar-refractivity contribution in [1.82, 2.24) is 4.90 Å². The van der Waals surface area contributed by atoms with Crippen LogP contribution in [0.5, 0.6) is 5.75 Å². The molecule has 118 valence electrons. The van der Waals surface area contributed by atoms with Gasteiger partial charge in [-0.2, -0.15) is 0 Å². The Morgan fingerprint density at radius 3 is 3.00 bits per heavy atom. The maximum Gasteiger partial charge on any atom is 0.151 e. The molecular formula is C17H21NO3S. The number of fused-ring (bicyclic) bond motifs is 1. The summed E-state index contributed by atoms with van der Waals surface area (Å²) in [6, 6.07) is 6.38. The van der Waals surface area contributed by atoms with Crippen molar-refractivity contribution in [3.63, 3.8) is 0 Å². The van der Waals surface area contributed by atoms with Gasteiger partial charge in [0.05, 0.1) is 24.7 Å². The van der Waals surface area contributed by atoms with E-state index in [4.69, 9.17) is 11.2 Å². The van der Waals surface area contributed by atoms with Crippen LogP contribution in [0.25, 0.3) is 0 Å². The Labute approximate surface area is 132 Å². The molecule has 22 heavy (non-hydrogen) atoms. The molecule has 0 aromatic heterocycles. The smallest absolute Gasteiger partial charge is 0.151 e. The number of hydrogen-bond acceptors (Lipinski definition) is 4. The van der Waals surface area contributed by atoms with E-state index in [1.165, 1.54) is 11.1 Å². The van der Waals surface area contributed by atoms with Crippen LogP contribution in [0.3, 0.4) is 0 Å². The summed E-state index contributed by atoms with van der Waals surface area (Å²) in [4.78, 5) is 2.13. The molecule has 0 bridgehead atoms. The minimum Gasteiger partial charge on any atom is -0.493 e. The van der Waals surface area contributed by atoms with Crippen LogP contribution in [0, 0.1) is 12.3 Å². The molecule has 2 aliphatic heterocycles. The summed E-state index contributed by atoms with van der Waals surface area (Å²) in [6.07, 6.45) is 8.00. The fourth-order valence-corrected chi connectivity index (χ4v) is 5.00. The number of benzene rings is 1. The highest BCUT2D eigenvalue weighted by molar-refractivity contribution is 7.91. The third-order valence-corrected chi connectivity index (χ3v) is 6.21. The second-order valence-electron chi connectivity index (χ2n) is 6.02. The zero-order valence-corrected chi connectivity index (χ0v) is 13.4. The molecule has 0 aliphatic carbocycles. The van der Waals surface area contributed by atoms with E-state index in [2.05, 4.69) is 23.0 Å². The number of rotatable bonds is 5. The third kappa shape index (κ3) is 3.45. The first-order chi connectivity index (χ1) is 10.6. The molecule has 0 N–H and O–H groups in total. The van der Waals surface area contributed by atoms with E-state index in [-0.39, 0.29) is 17.5 Å². The number of nitrogens with zero attached hydrogens (tertiary/aromatic N) is 1. The summed E-state index contributed by atoms with van der Waals surface area (Å²) in [5, 5.41) is 0. The third-order valence-electron chi connectivity index (χ3n) is 4.46. The Bertz CT molecular complexity index is 690. The zero-order valence-electron chi connectivity index (χ0n) is 12.6. The summed E-state index contributed by atoms with van der Waals surface area (Å²) < 4.78 is 28.8. The summed E-state index contributed by atoms with van der Waals surface area (Å²) >= 11 is 0. The highest BCUT2D eigenvalue weighted by Crippen LogP contribution is 2.26. The SMILES string of the molecule is C#CCN(CCc1ccc2c(c1)CCO2)C1CCS(=O)(=O)C1. The van der Waals surface area contributed by atoms with Crippen molar-refractivity contribution in [2.24, 2.45) is 0 Å². The average Bonchev–Trinajstić information content (AvgIpc) is 3.08. The molecule has 1 fully saturated rings. The maximum absolute atomic E-state index is 11.7. The summed E-state index contributed by atoms with van der Waals surface area (Å²) in [5.41, 5.74) is 2.52. The molecule has 1 atom stereocenters. The number of terminal acetylenes is 1. The minimum atomic E-state index is -2.88. The molecule has 0 saturated carbocycles. The Morgan fingerprint density at radius 1 is 1.41 bits per heavy atom. The molecular weight excluding hydrogens is 298 g/mol. The zero-order chi connectivity index (χ0) is 15.6. The molecule has 0 radical (unpaired) electrons. The predicted molar refractivity (Wildman–Crippen MR) is 86.8 cm³/mol. The quantitative estimate of drug-likeness (QED) is 0.767. The number of ether oxygens (including phenoxy) is 1. The van der Waals surface area contributed by atoms with Gasteiger partial charge in [0.2, 0.25) is 0 Å². The van der Waals surface area contributed by atoms with E-state index >= 15 is 0 Å². The van der Waals surface area contributed by atoms with E-state index in [1.54, 1.807) is 0 Å². The van der Waals surface area contributed by atoms with Crippen molar-refractivity contribution in [3.8, 4) is 18.1 Å². The van der Waals surface area contributed by atoms with Gasteiger partial charge >= 0.3 is 0 Å². The van der Waals surface area contributed by atoms with E-state index in [9.17, 15) is 8.42 Å². The topological polar surface area (TPSA) is 46.6 Å². The second-order valence-corrected chi connectivity index (χ2v) is 8.25. The second kappa shape index (κ2) is 6.31. The van der Waals surface area contributed by atoms with Crippen molar-refractivity contribution in [2.75, 3.05) is 31.2 Å². The molecule has 5 heteroatoms. The molecule has 1 unspecified atom stereocenters. The Kier molecular flexibility index (Phi) is 4.42. The van der Waals surface area contributed by atoms with Crippen LogP contribution in [0.2, 0.25) is 0 Å². The Hall–Kier alpha value is -1.51. The van der Waals surface area contributed by atoms with Crippen LogP contribution in [-0.2, 0) is 22.7 Å². The monoisotopic (exact) mass is 319 g/mol. The molecule has 1 aromatic carbocycles. The summed E-state index contributed by atoms with van der Waals surface area (Å²) in [6.45, 7) is 2.07. The number of sulfone groups is 1. The summed E-state index contributed by atoms with van der Waals surface area (Å²) in [7, 11) is -2.88. The largest absolute Gasteiger partial charge is 0.493 e. The number of hydrogen-bond donors (Lipinski definition) is 0. The average molecular weight is 319 g/mol. The summed E-state index contributed by atoms with van der Waals surface area (Å²) in [5.74, 6) is 4.18. The van der Waals surface area contributed by atoms with Gasteiger partial charge in [-0.15, -0.1) is 6.42 Å². The van der Waals surface area contributed by atoms with Crippen molar-refractivity contribution in [3.05, 3.63) is 29.3 Å². The lowest BCUT2D eigenvalue weighted by molar-refractivity contribution is 0.242. The lowest BCUT2D eigenvalue weighted by Crippen LogP contribution is -2.38. The lowest BCUT2D eigenvalue weighted by Gasteiger charge is -2.25. The normalized spacial score (nSPS) is 22.3. The Balaban J connectivity index is 1.63. The van der Waals surface area contributed by atoms with Crippen LogP contribution in [0.4, 0.5) is 0 Å². The first kappa shape index (κ1) is 15.4. The van der Waals surface area contributed by atoms with Gasteiger partial charge in [-0.05, 0) is 30.0 Å². The molecule has 2 heterocycles. The van der Waals surface area contributed by atoms with Crippen molar-refractivity contribution >= 4 is 9.84 Å². The molecule has 4 nitrogen and oxygen atoms in total. The minimum absolute atomic E-state index is 0.0683. The van der Waals surface area contributed by atoms with Gasteiger partial charge in [0.15, 0.2) is 9.84 Å². The first-order valence-corrected chi connectivity index (χ1v) is 9.52. The van der Waals surface area contributed by atoms with E-state index in [0.29, 0.717) is 13.0 Å². The lowest BCUT2D eigenvalue weighted by atomic mass is 10.1. The molecule has 1 aromatic rings. The van der Waals surface area contributed by atoms with Crippen molar-refractivity contribution in [1.29, 1.82) is 0 Å². The molecule has 2 aliphatic rings. The van der Waals surface area contributed by atoms with Gasteiger partial charge in [0.25, 0.3) is 0 Å². The molecule has 0 amide bonds. The van der Waals surface area contributed by atoms with Gasteiger partial charge in [-0.25, -0.2) is 8.42 Å². The van der Waals surface area contributed by atoms with Crippen LogP contribution in [0.15, 0.2) is 18.2 Å². The maximum atomic E-state index is 11.7. The van der Waals surface area contributed by atoms with Gasteiger partial charge < -0.3 is 4.74 Å². The van der Waals surface area contributed by atoms with Gasteiger partial charge in [0.1, 0.15) is 5.75 Å². The van der Waals surface area contributed by atoms with Gasteiger partial charge in [0, 0.05) is 19.0 Å². The predicted octanol–water partition coefficient (Wildman–Crippen LogP) is 1.29. The fourth-order valence-electron chi connectivity index (χ4n) is 3.24. The molecule has 1 saturated heterocycles. The van der Waals surface area contributed by atoms with Gasteiger partial charge in [-0.3, -0.25) is 4.90 Å². The molecule has 3 rings (SSSR count). The van der Waals surface area contributed by atoms with Crippen LogP contribution in [0.1, 0.15) is 17.5 Å².